The molecule has 1 aromatic heterocycles. The van der Waals surface area contributed by atoms with E-state index in [0.717, 1.165) is 10.9 Å². The van der Waals surface area contributed by atoms with Crippen LogP contribution >= 0.6 is 0 Å². The number of carbonyl (C=O) groups is 1. The Morgan fingerprint density at radius 1 is 1.44 bits per heavy atom. The van der Waals surface area contributed by atoms with Crippen LogP contribution in [0.1, 0.15) is 16.1 Å². The molecule has 0 aliphatic heterocycles. The van der Waals surface area contributed by atoms with Gasteiger partial charge in [0.15, 0.2) is 5.76 Å². The summed E-state index contributed by atoms with van der Waals surface area (Å²) >= 11 is 0. The average molecular weight is 219 g/mol. The molecule has 1 N–H and O–H groups in total. The van der Waals surface area contributed by atoms with Crippen LogP contribution in [-0.2, 0) is 0 Å². The monoisotopic (exact) mass is 219 g/mol. The van der Waals surface area contributed by atoms with Crippen molar-refractivity contribution in [3.05, 3.63) is 29.5 Å². The maximum atomic E-state index is 11.5. The normalized spacial score (nSPS) is 10.4. The van der Waals surface area contributed by atoms with Gasteiger partial charge in [0, 0.05) is 24.1 Å². The Kier molecular flexibility index (Phi) is 2.56. The minimum Gasteiger partial charge on any atom is -0.497 e. The standard InChI is InChI=1S/C12H13NO3/c1-7-9-5-4-8(15-3)6-10(9)16-11(7)12(14)13-2/h4-6H,1-3H3,(H,13,14). The summed E-state index contributed by atoms with van der Waals surface area (Å²) in [6.07, 6.45) is 0. The number of hydrogen-bond donors (Lipinski definition) is 1. The van der Waals surface area contributed by atoms with E-state index in [1.54, 1.807) is 20.2 Å². The van der Waals surface area contributed by atoms with E-state index in [2.05, 4.69) is 5.32 Å². The van der Waals surface area contributed by atoms with E-state index in [0.29, 0.717) is 17.1 Å². The molecule has 0 saturated heterocycles. The van der Waals surface area contributed by atoms with Crippen molar-refractivity contribution < 1.29 is 13.9 Å². The third-order valence-electron chi connectivity index (χ3n) is 2.58. The molecular formula is C12H13NO3. The molecular weight excluding hydrogens is 206 g/mol. The van der Waals surface area contributed by atoms with Gasteiger partial charge in [-0.1, -0.05) is 0 Å². The first kappa shape index (κ1) is 10.5. The molecule has 2 aromatic rings. The number of ether oxygens (including phenoxy) is 1. The quantitative estimate of drug-likeness (QED) is 0.841. The highest BCUT2D eigenvalue weighted by molar-refractivity contribution is 5.98. The van der Waals surface area contributed by atoms with E-state index in [9.17, 15) is 4.79 Å². The third-order valence-corrected chi connectivity index (χ3v) is 2.58. The number of rotatable bonds is 2. The van der Waals surface area contributed by atoms with Crippen LogP contribution in [0.5, 0.6) is 5.75 Å². The molecule has 0 saturated carbocycles. The summed E-state index contributed by atoms with van der Waals surface area (Å²) in [5, 5.41) is 3.48. The molecule has 2 rings (SSSR count). The first-order chi connectivity index (χ1) is 7.67. The molecule has 0 atom stereocenters. The fraction of sp³-hybridized carbons (Fsp3) is 0.250. The number of aryl methyl sites for hydroxylation is 1. The van der Waals surface area contributed by atoms with Crippen LogP contribution in [0.3, 0.4) is 0 Å². The third kappa shape index (κ3) is 1.52. The van der Waals surface area contributed by atoms with Gasteiger partial charge in [0.05, 0.1) is 7.11 Å². The van der Waals surface area contributed by atoms with E-state index >= 15 is 0 Å². The van der Waals surface area contributed by atoms with Crippen LogP contribution in [0.4, 0.5) is 0 Å². The Balaban J connectivity index is 2.63. The molecule has 16 heavy (non-hydrogen) atoms. The zero-order valence-electron chi connectivity index (χ0n) is 9.46. The molecule has 84 valence electrons. The second kappa shape index (κ2) is 3.89. The van der Waals surface area contributed by atoms with E-state index in [-0.39, 0.29) is 5.91 Å². The van der Waals surface area contributed by atoms with Crippen molar-refractivity contribution in [1.29, 1.82) is 0 Å². The minimum atomic E-state index is -0.215. The lowest BCUT2D eigenvalue weighted by Gasteiger charge is -1.97. The Bertz CT molecular complexity index is 542. The van der Waals surface area contributed by atoms with Crippen molar-refractivity contribution in [2.75, 3.05) is 14.2 Å². The number of hydrogen-bond acceptors (Lipinski definition) is 3. The Hall–Kier alpha value is -1.97. The number of amides is 1. The Morgan fingerprint density at radius 3 is 2.81 bits per heavy atom. The van der Waals surface area contributed by atoms with Crippen molar-refractivity contribution in [3.63, 3.8) is 0 Å². The SMILES string of the molecule is CNC(=O)c1oc2cc(OC)ccc2c1C. The summed E-state index contributed by atoms with van der Waals surface area (Å²) in [6.45, 7) is 1.86. The summed E-state index contributed by atoms with van der Waals surface area (Å²) in [4.78, 5) is 11.5. The molecule has 1 amide bonds. The first-order valence-corrected chi connectivity index (χ1v) is 4.96. The van der Waals surface area contributed by atoms with E-state index in [1.807, 2.05) is 19.1 Å². The van der Waals surface area contributed by atoms with Gasteiger partial charge >= 0.3 is 0 Å². The summed E-state index contributed by atoms with van der Waals surface area (Å²) in [6, 6.07) is 5.51. The molecule has 0 aliphatic rings. The second-order valence-electron chi connectivity index (χ2n) is 3.50. The van der Waals surface area contributed by atoms with Crippen molar-refractivity contribution in [2.45, 2.75) is 6.92 Å². The number of methoxy groups -OCH3 is 1. The highest BCUT2D eigenvalue weighted by Crippen LogP contribution is 2.28. The molecule has 4 heteroatoms. The second-order valence-corrected chi connectivity index (χ2v) is 3.50. The van der Waals surface area contributed by atoms with Crippen molar-refractivity contribution in [2.24, 2.45) is 0 Å². The van der Waals surface area contributed by atoms with Crippen molar-refractivity contribution >= 4 is 16.9 Å². The lowest BCUT2D eigenvalue weighted by Crippen LogP contribution is -2.17. The molecule has 1 heterocycles. The number of benzene rings is 1. The molecule has 4 nitrogen and oxygen atoms in total. The van der Waals surface area contributed by atoms with Crippen LogP contribution in [0.15, 0.2) is 22.6 Å². The van der Waals surface area contributed by atoms with Crippen LogP contribution in [0.2, 0.25) is 0 Å². The molecule has 0 unspecified atom stereocenters. The number of carbonyl (C=O) groups excluding carboxylic acids is 1. The molecule has 0 aliphatic carbocycles. The zero-order chi connectivity index (χ0) is 11.7. The number of furan rings is 1. The minimum absolute atomic E-state index is 0.215. The smallest absolute Gasteiger partial charge is 0.287 e. The van der Waals surface area contributed by atoms with Crippen LogP contribution < -0.4 is 10.1 Å². The van der Waals surface area contributed by atoms with Crippen LogP contribution in [0.25, 0.3) is 11.0 Å². The lowest BCUT2D eigenvalue weighted by atomic mass is 10.1. The first-order valence-electron chi connectivity index (χ1n) is 4.96. The Labute approximate surface area is 93.2 Å². The van der Waals surface area contributed by atoms with Crippen molar-refractivity contribution in [3.8, 4) is 5.75 Å². The Morgan fingerprint density at radius 2 is 2.19 bits per heavy atom. The van der Waals surface area contributed by atoms with Gasteiger partial charge in [-0.05, 0) is 19.1 Å². The molecule has 0 bridgehead atoms. The van der Waals surface area contributed by atoms with Gasteiger partial charge in [-0.3, -0.25) is 4.79 Å². The maximum Gasteiger partial charge on any atom is 0.287 e. The topological polar surface area (TPSA) is 51.5 Å². The van der Waals surface area contributed by atoms with Gasteiger partial charge in [0.1, 0.15) is 11.3 Å². The van der Waals surface area contributed by atoms with Crippen LogP contribution in [0, 0.1) is 6.92 Å². The van der Waals surface area contributed by atoms with Crippen LogP contribution in [-0.4, -0.2) is 20.1 Å². The summed E-state index contributed by atoms with van der Waals surface area (Å²) in [7, 11) is 3.17. The van der Waals surface area contributed by atoms with E-state index in [1.165, 1.54) is 0 Å². The summed E-state index contributed by atoms with van der Waals surface area (Å²) < 4.78 is 10.6. The highest BCUT2D eigenvalue weighted by atomic mass is 16.5. The molecule has 0 spiro atoms. The molecule has 1 aromatic carbocycles. The molecule has 0 fully saturated rings. The van der Waals surface area contributed by atoms with E-state index < -0.39 is 0 Å². The molecule has 0 radical (unpaired) electrons. The number of fused-ring (bicyclic) bond motifs is 1. The summed E-state index contributed by atoms with van der Waals surface area (Å²) in [5.74, 6) is 0.850. The van der Waals surface area contributed by atoms with Gasteiger partial charge in [0.25, 0.3) is 5.91 Å². The largest absolute Gasteiger partial charge is 0.497 e. The fourth-order valence-corrected chi connectivity index (χ4v) is 1.66. The predicted octanol–water partition coefficient (Wildman–Crippen LogP) is 2.11. The van der Waals surface area contributed by atoms with E-state index in [4.69, 9.17) is 9.15 Å². The maximum absolute atomic E-state index is 11.5. The highest BCUT2D eigenvalue weighted by Gasteiger charge is 2.16. The lowest BCUT2D eigenvalue weighted by molar-refractivity contribution is 0.0937. The van der Waals surface area contributed by atoms with Gasteiger partial charge in [-0.15, -0.1) is 0 Å². The van der Waals surface area contributed by atoms with Crippen molar-refractivity contribution in [1.82, 2.24) is 5.32 Å². The van der Waals surface area contributed by atoms with Gasteiger partial charge < -0.3 is 14.5 Å². The summed E-state index contributed by atoms with van der Waals surface area (Å²) in [5.41, 5.74) is 1.51. The van der Waals surface area contributed by atoms with Gasteiger partial charge in [-0.25, -0.2) is 0 Å². The van der Waals surface area contributed by atoms with Gasteiger partial charge in [0.2, 0.25) is 0 Å². The zero-order valence-corrected chi connectivity index (χ0v) is 9.46. The number of nitrogens with one attached hydrogen (secondary N) is 1. The predicted molar refractivity (Wildman–Crippen MR) is 60.9 cm³/mol. The fourth-order valence-electron chi connectivity index (χ4n) is 1.66. The average Bonchev–Trinajstić information content (AvgIpc) is 2.65. The van der Waals surface area contributed by atoms with Gasteiger partial charge in [-0.2, -0.15) is 0 Å².